The Labute approximate surface area is 128 Å². The summed E-state index contributed by atoms with van der Waals surface area (Å²) in [5.74, 6) is -0.417. The fourth-order valence-electron chi connectivity index (χ4n) is 2.98. The number of phenolic OH excluding ortho intramolecular Hbond substituents is 1. The zero-order valence-electron chi connectivity index (χ0n) is 12.8. The van der Waals surface area contributed by atoms with Crippen LogP contribution in [0.1, 0.15) is 24.4 Å². The highest BCUT2D eigenvalue weighted by Gasteiger charge is 2.32. The summed E-state index contributed by atoms with van der Waals surface area (Å²) < 4.78 is 15.8. The van der Waals surface area contributed by atoms with Gasteiger partial charge in [-0.25, -0.2) is 9.07 Å². The molecule has 0 spiro atoms. The molecule has 5 nitrogen and oxygen atoms in total. The predicted octanol–water partition coefficient (Wildman–Crippen LogP) is 2.74. The molecule has 0 aliphatic carbocycles. The largest absolute Gasteiger partial charge is 0.508 e. The van der Waals surface area contributed by atoms with Crippen molar-refractivity contribution in [3.8, 4) is 11.4 Å². The van der Waals surface area contributed by atoms with E-state index in [1.807, 2.05) is 18.1 Å². The third-order valence-corrected chi connectivity index (χ3v) is 4.15. The van der Waals surface area contributed by atoms with Crippen molar-refractivity contribution in [3.05, 3.63) is 47.7 Å². The first-order valence-electron chi connectivity index (χ1n) is 7.14. The molecular weight excluding hydrogens is 283 g/mol. The number of nitrogens with zero attached hydrogens (tertiary/aromatic N) is 3. The predicted molar refractivity (Wildman–Crippen MR) is 83.1 cm³/mol. The van der Waals surface area contributed by atoms with Crippen molar-refractivity contribution in [1.82, 2.24) is 14.7 Å². The average Bonchev–Trinajstić information content (AvgIpc) is 2.91. The van der Waals surface area contributed by atoms with Crippen molar-refractivity contribution in [2.45, 2.75) is 19.9 Å². The Morgan fingerprint density at radius 3 is 2.68 bits per heavy atom. The third-order valence-electron chi connectivity index (χ3n) is 4.15. The summed E-state index contributed by atoms with van der Waals surface area (Å²) in [4.78, 5) is 2.05. The van der Waals surface area contributed by atoms with Crippen LogP contribution in [0.25, 0.3) is 5.69 Å². The molecule has 0 fully saturated rings. The number of phenols is 1. The average molecular weight is 302 g/mol. The lowest BCUT2D eigenvalue weighted by molar-refractivity contribution is 0.305. The molecule has 1 aliphatic rings. The molecule has 2 heterocycles. The maximum absolute atomic E-state index is 14.2. The fourth-order valence-corrected chi connectivity index (χ4v) is 2.98. The summed E-state index contributed by atoms with van der Waals surface area (Å²) in [7, 11) is 1.96. The zero-order chi connectivity index (χ0) is 16.0. The van der Waals surface area contributed by atoms with Gasteiger partial charge >= 0.3 is 0 Å². The van der Waals surface area contributed by atoms with E-state index in [4.69, 9.17) is 5.73 Å². The monoisotopic (exact) mass is 302 g/mol. The van der Waals surface area contributed by atoms with E-state index < -0.39 is 5.82 Å². The SMILES string of the molecule is Cc1nn(-c2ccc(O)cc2F)c(C2C(C)C=CN2C)c1N. The number of rotatable bonds is 2. The molecule has 2 atom stereocenters. The Kier molecular flexibility index (Phi) is 3.31. The van der Waals surface area contributed by atoms with Crippen molar-refractivity contribution in [3.63, 3.8) is 0 Å². The van der Waals surface area contributed by atoms with Crippen molar-refractivity contribution in [2.24, 2.45) is 5.92 Å². The number of hydrogen-bond acceptors (Lipinski definition) is 4. The van der Waals surface area contributed by atoms with E-state index in [1.54, 1.807) is 11.6 Å². The Balaban J connectivity index is 2.19. The molecule has 22 heavy (non-hydrogen) atoms. The van der Waals surface area contributed by atoms with Gasteiger partial charge in [0, 0.05) is 19.0 Å². The van der Waals surface area contributed by atoms with Gasteiger partial charge in [-0.1, -0.05) is 13.0 Å². The number of anilines is 1. The number of halogens is 1. The quantitative estimate of drug-likeness (QED) is 0.895. The lowest BCUT2D eigenvalue weighted by atomic mass is 9.99. The Bertz CT molecular complexity index is 741. The number of benzene rings is 1. The van der Waals surface area contributed by atoms with Gasteiger partial charge in [0.15, 0.2) is 5.82 Å². The molecule has 116 valence electrons. The maximum Gasteiger partial charge on any atom is 0.152 e. The van der Waals surface area contributed by atoms with Gasteiger partial charge < -0.3 is 15.7 Å². The second-order valence-corrected chi connectivity index (χ2v) is 5.74. The van der Waals surface area contributed by atoms with E-state index >= 15 is 0 Å². The normalized spacial score (nSPS) is 20.8. The van der Waals surface area contributed by atoms with Gasteiger partial charge in [0.1, 0.15) is 11.4 Å². The third kappa shape index (κ3) is 2.11. The van der Waals surface area contributed by atoms with E-state index in [0.717, 1.165) is 11.8 Å². The van der Waals surface area contributed by atoms with Crippen LogP contribution in [0.5, 0.6) is 5.75 Å². The van der Waals surface area contributed by atoms with Crippen molar-refractivity contribution in [1.29, 1.82) is 0 Å². The summed E-state index contributed by atoms with van der Waals surface area (Å²) in [6, 6.07) is 4.02. The van der Waals surface area contributed by atoms with Crippen molar-refractivity contribution >= 4 is 5.69 Å². The maximum atomic E-state index is 14.2. The first kappa shape index (κ1) is 14.4. The van der Waals surface area contributed by atoms with E-state index in [2.05, 4.69) is 18.1 Å². The topological polar surface area (TPSA) is 67.3 Å². The van der Waals surface area contributed by atoms with Gasteiger partial charge in [-0.15, -0.1) is 0 Å². The molecule has 3 rings (SSSR count). The zero-order valence-corrected chi connectivity index (χ0v) is 12.8. The van der Waals surface area contributed by atoms with Crippen LogP contribution < -0.4 is 5.73 Å². The highest BCUT2D eigenvalue weighted by atomic mass is 19.1. The molecule has 0 radical (unpaired) electrons. The molecule has 0 amide bonds. The summed E-state index contributed by atoms with van der Waals surface area (Å²) in [6.45, 7) is 3.89. The van der Waals surface area contributed by atoms with Crippen LogP contribution in [0.15, 0.2) is 30.5 Å². The standard InChI is InChI=1S/C16H19FN4O/c1-9-6-7-20(3)15(9)16-14(18)10(2)19-21(16)13-5-4-11(22)8-12(13)17/h4-9,15,22H,18H2,1-3H3. The minimum absolute atomic E-state index is 0.00518. The number of aromatic hydroxyl groups is 1. The van der Waals surface area contributed by atoms with Gasteiger partial charge in [0.05, 0.1) is 23.1 Å². The molecule has 1 aromatic carbocycles. The number of nitrogens with two attached hydrogens (primary N) is 1. The van der Waals surface area contributed by atoms with Gasteiger partial charge in [-0.3, -0.25) is 0 Å². The summed E-state index contributed by atoms with van der Waals surface area (Å²) in [5.41, 5.74) is 8.49. The molecule has 1 aromatic heterocycles. The Morgan fingerprint density at radius 1 is 1.36 bits per heavy atom. The van der Waals surface area contributed by atoms with Crippen LogP contribution in [-0.4, -0.2) is 26.8 Å². The summed E-state index contributed by atoms with van der Waals surface area (Å²) in [6.07, 6.45) is 4.08. The number of hydrogen-bond donors (Lipinski definition) is 2. The molecule has 1 aliphatic heterocycles. The van der Waals surface area contributed by atoms with E-state index in [1.165, 1.54) is 12.1 Å². The molecule has 3 N–H and O–H groups in total. The van der Waals surface area contributed by atoms with E-state index in [9.17, 15) is 9.50 Å². The number of aromatic nitrogens is 2. The number of aryl methyl sites for hydroxylation is 1. The highest BCUT2D eigenvalue weighted by Crippen LogP contribution is 2.39. The molecular formula is C16H19FN4O. The van der Waals surface area contributed by atoms with Gasteiger partial charge in [-0.05, 0) is 25.3 Å². The number of nitrogen functional groups attached to an aromatic ring is 1. The highest BCUT2D eigenvalue weighted by molar-refractivity contribution is 5.54. The van der Waals surface area contributed by atoms with Gasteiger partial charge in [0.25, 0.3) is 0 Å². The molecule has 0 saturated carbocycles. The molecule has 6 heteroatoms. The van der Waals surface area contributed by atoms with Crippen LogP contribution in [0.3, 0.4) is 0 Å². The first-order chi connectivity index (χ1) is 10.4. The fraction of sp³-hybridized carbons (Fsp3) is 0.312. The molecule has 2 unspecified atom stereocenters. The lowest BCUT2D eigenvalue weighted by Crippen LogP contribution is -2.23. The smallest absolute Gasteiger partial charge is 0.152 e. The summed E-state index contributed by atoms with van der Waals surface area (Å²) in [5, 5.41) is 13.8. The lowest BCUT2D eigenvalue weighted by Gasteiger charge is -2.26. The van der Waals surface area contributed by atoms with Gasteiger partial charge in [0.2, 0.25) is 0 Å². The first-order valence-corrected chi connectivity index (χ1v) is 7.14. The van der Waals surface area contributed by atoms with Crippen molar-refractivity contribution in [2.75, 3.05) is 12.8 Å². The Hall–Kier alpha value is -2.50. The minimum atomic E-state index is -0.537. The van der Waals surface area contributed by atoms with E-state index in [-0.39, 0.29) is 23.4 Å². The van der Waals surface area contributed by atoms with Crippen molar-refractivity contribution < 1.29 is 9.50 Å². The molecule has 0 bridgehead atoms. The van der Waals surface area contributed by atoms with E-state index in [0.29, 0.717) is 11.4 Å². The molecule has 0 saturated heterocycles. The van der Waals surface area contributed by atoms with Crippen LogP contribution in [0, 0.1) is 18.7 Å². The minimum Gasteiger partial charge on any atom is -0.508 e. The summed E-state index contributed by atoms with van der Waals surface area (Å²) >= 11 is 0. The molecule has 2 aromatic rings. The second-order valence-electron chi connectivity index (χ2n) is 5.74. The van der Waals surface area contributed by atoms with Crippen LogP contribution in [-0.2, 0) is 0 Å². The van der Waals surface area contributed by atoms with Crippen LogP contribution >= 0.6 is 0 Å². The van der Waals surface area contributed by atoms with Crippen LogP contribution in [0.4, 0.5) is 10.1 Å². The van der Waals surface area contributed by atoms with Gasteiger partial charge in [-0.2, -0.15) is 5.10 Å². The Morgan fingerprint density at radius 2 is 2.09 bits per heavy atom. The second kappa shape index (κ2) is 5.05. The van der Waals surface area contributed by atoms with Crippen LogP contribution in [0.2, 0.25) is 0 Å².